The van der Waals surface area contributed by atoms with E-state index >= 15 is 0 Å². The smallest absolute Gasteiger partial charge is 0.125 e. The molecule has 0 atom stereocenters. The molecule has 1 nitrogen and oxygen atoms in total. The summed E-state index contributed by atoms with van der Waals surface area (Å²) in [4.78, 5) is 4.77. The number of nitrogens with zero attached hydrogens (tertiary/aromatic N) is 1. The van der Waals surface area contributed by atoms with Gasteiger partial charge in [0.25, 0.3) is 0 Å². The molecule has 0 amide bonds. The summed E-state index contributed by atoms with van der Waals surface area (Å²) in [6.07, 6.45) is 5.99. The van der Waals surface area contributed by atoms with Crippen molar-refractivity contribution in [1.29, 1.82) is 0 Å². The van der Waals surface area contributed by atoms with E-state index in [-0.39, 0.29) is 0 Å². The van der Waals surface area contributed by atoms with Crippen LogP contribution < -0.4 is 0 Å². The van der Waals surface area contributed by atoms with Crippen molar-refractivity contribution in [1.82, 2.24) is 4.98 Å². The molecule has 0 aliphatic heterocycles. The summed E-state index contributed by atoms with van der Waals surface area (Å²) in [5.74, 6) is 0. The predicted molar refractivity (Wildman–Crippen MR) is 91.3 cm³/mol. The fourth-order valence-corrected chi connectivity index (χ4v) is 3.41. The molecular weight excluding hydrogens is 274 g/mol. The summed E-state index contributed by atoms with van der Waals surface area (Å²) in [7, 11) is 0. The van der Waals surface area contributed by atoms with Crippen molar-refractivity contribution in [2.75, 3.05) is 0 Å². The molecular formula is C19H13NS. The molecule has 0 bridgehead atoms. The minimum absolute atomic E-state index is 1.07. The van der Waals surface area contributed by atoms with Gasteiger partial charge in [-0.2, -0.15) is 0 Å². The van der Waals surface area contributed by atoms with Crippen LogP contribution in [0.15, 0.2) is 78.9 Å². The molecule has 0 N–H and O–H groups in total. The van der Waals surface area contributed by atoms with E-state index in [0.29, 0.717) is 0 Å². The molecule has 0 unspecified atom stereocenters. The number of thiazole rings is 1. The zero-order valence-electron chi connectivity index (χ0n) is 11.4. The van der Waals surface area contributed by atoms with E-state index in [9.17, 15) is 0 Å². The van der Waals surface area contributed by atoms with Crippen molar-refractivity contribution in [2.24, 2.45) is 0 Å². The SMILES string of the molecule is C=C/C=C1C=C/1c1nc2cc(-c3ccccc3)ccc2s1. The summed E-state index contributed by atoms with van der Waals surface area (Å²) in [5.41, 5.74) is 6.00. The Balaban J connectivity index is 1.75. The zero-order chi connectivity index (χ0) is 14.2. The van der Waals surface area contributed by atoms with Crippen molar-refractivity contribution in [3.05, 3.63) is 83.9 Å². The van der Waals surface area contributed by atoms with E-state index in [4.69, 9.17) is 4.98 Å². The first-order valence-electron chi connectivity index (χ1n) is 6.86. The minimum atomic E-state index is 1.07. The largest absolute Gasteiger partial charge is 0.236 e. The highest BCUT2D eigenvalue weighted by Gasteiger charge is 2.21. The summed E-state index contributed by atoms with van der Waals surface area (Å²) >= 11 is 1.75. The number of rotatable bonds is 3. The van der Waals surface area contributed by atoms with E-state index in [1.54, 1.807) is 11.3 Å². The van der Waals surface area contributed by atoms with Crippen LogP contribution in [-0.4, -0.2) is 4.98 Å². The van der Waals surface area contributed by atoms with Crippen LogP contribution in [0.1, 0.15) is 5.01 Å². The van der Waals surface area contributed by atoms with Crippen molar-refractivity contribution in [3.63, 3.8) is 0 Å². The first kappa shape index (κ1) is 12.3. The van der Waals surface area contributed by atoms with Crippen LogP contribution in [0, 0.1) is 0 Å². The molecule has 100 valence electrons. The second-order valence-electron chi connectivity index (χ2n) is 4.98. The molecule has 1 aliphatic rings. The lowest BCUT2D eigenvalue weighted by atomic mass is 10.1. The molecule has 1 aliphatic carbocycles. The molecule has 0 saturated carbocycles. The Kier molecular flexibility index (Phi) is 2.83. The molecule has 1 heterocycles. The molecule has 0 radical (unpaired) electrons. The Morgan fingerprint density at radius 2 is 1.86 bits per heavy atom. The molecule has 0 spiro atoms. The number of aromatic nitrogens is 1. The van der Waals surface area contributed by atoms with E-state index < -0.39 is 0 Å². The lowest BCUT2D eigenvalue weighted by Crippen LogP contribution is -1.77. The summed E-state index contributed by atoms with van der Waals surface area (Å²) in [5, 5.41) is 1.10. The molecule has 0 fully saturated rings. The van der Waals surface area contributed by atoms with Crippen LogP contribution >= 0.6 is 11.3 Å². The monoisotopic (exact) mass is 287 g/mol. The van der Waals surface area contributed by atoms with Gasteiger partial charge in [-0.15, -0.1) is 11.3 Å². The second kappa shape index (κ2) is 4.83. The van der Waals surface area contributed by atoms with Crippen LogP contribution in [-0.2, 0) is 0 Å². The number of allylic oxidation sites excluding steroid dienone is 5. The molecule has 4 rings (SSSR count). The van der Waals surface area contributed by atoms with E-state index in [1.165, 1.54) is 27.0 Å². The Bertz CT molecular complexity index is 898. The van der Waals surface area contributed by atoms with Gasteiger partial charge in [0.15, 0.2) is 0 Å². The van der Waals surface area contributed by atoms with Gasteiger partial charge in [-0.3, -0.25) is 0 Å². The molecule has 1 aromatic heterocycles. The zero-order valence-corrected chi connectivity index (χ0v) is 12.2. The number of hydrogen-bond donors (Lipinski definition) is 0. The van der Waals surface area contributed by atoms with Gasteiger partial charge in [0.2, 0.25) is 0 Å². The molecule has 2 heteroatoms. The van der Waals surface area contributed by atoms with Gasteiger partial charge in [-0.1, -0.05) is 55.1 Å². The van der Waals surface area contributed by atoms with Gasteiger partial charge >= 0.3 is 0 Å². The third-order valence-electron chi connectivity index (χ3n) is 3.55. The average Bonchev–Trinajstić information content (AvgIpc) is 3.16. The molecule has 21 heavy (non-hydrogen) atoms. The first-order valence-corrected chi connectivity index (χ1v) is 7.68. The maximum absolute atomic E-state index is 4.77. The van der Waals surface area contributed by atoms with Crippen LogP contribution in [0.4, 0.5) is 0 Å². The summed E-state index contributed by atoms with van der Waals surface area (Å²) in [6.45, 7) is 3.73. The van der Waals surface area contributed by atoms with Crippen molar-refractivity contribution < 1.29 is 0 Å². The number of fused-ring (bicyclic) bond motifs is 1. The van der Waals surface area contributed by atoms with Crippen molar-refractivity contribution >= 4 is 27.1 Å². The van der Waals surface area contributed by atoms with Gasteiger partial charge in [-0.25, -0.2) is 4.98 Å². The fraction of sp³-hybridized carbons (Fsp3) is 0. The van der Waals surface area contributed by atoms with Crippen molar-refractivity contribution in [3.8, 4) is 11.1 Å². The highest BCUT2D eigenvalue weighted by Crippen LogP contribution is 2.41. The van der Waals surface area contributed by atoms with Gasteiger partial charge < -0.3 is 0 Å². The van der Waals surface area contributed by atoms with E-state index in [0.717, 1.165) is 10.5 Å². The lowest BCUT2D eigenvalue weighted by Gasteiger charge is -2.00. The van der Waals surface area contributed by atoms with E-state index in [1.807, 2.05) is 18.2 Å². The standard InChI is InChI=1S/C19H13NS/c1-2-6-15-11-16(15)19-20-17-12-14(9-10-18(17)21-19)13-7-4-3-5-8-13/h2-12H,1H2/b15-6-. The van der Waals surface area contributed by atoms with E-state index in [2.05, 4.69) is 55.1 Å². The number of hydrogen-bond acceptors (Lipinski definition) is 2. The Hall–Kier alpha value is -2.45. The third-order valence-corrected chi connectivity index (χ3v) is 4.62. The minimum Gasteiger partial charge on any atom is -0.236 e. The summed E-state index contributed by atoms with van der Waals surface area (Å²) in [6, 6.07) is 16.9. The predicted octanol–water partition coefficient (Wildman–Crippen LogP) is 5.47. The number of benzene rings is 2. The van der Waals surface area contributed by atoms with Crippen LogP contribution in [0.3, 0.4) is 0 Å². The van der Waals surface area contributed by atoms with Gasteiger partial charge in [-0.05, 0) is 34.9 Å². The first-order chi connectivity index (χ1) is 10.3. The van der Waals surface area contributed by atoms with Crippen LogP contribution in [0.25, 0.3) is 26.9 Å². The Morgan fingerprint density at radius 1 is 1.00 bits per heavy atom. The fourth-order valence-electron chi connectivity index (χ4n) is 2.42. The maximum atomic E-state index is 4.77. The lowest BCUT2D eigenvalue weighted by molar-refractivity contribution is 1.45. The van der Waals surface area contributed by atoms with Crippen LogP contribution in [0.2, 0.25) is 0 Å². The normalized spacial score (nSPS) is 15.2. The highest BCUT2D eigenvalue weighted by atomic mass is 32.1. The molecule has 2 aromatic carbocycles. The third kappa shape index (κ3) is 2.24. The highest BCUT2D eigenvalue weighted by molar-refractivity contribution is 7.19. The molecule has 3 aromatic rings. The topological polar surface area (TPSA) is 12.9 Å². The maximum Gasteiger partial charge on any atom is 0.125 e. The van der Waals surface area contributed by atoms with Gasteiger partial charge in [0.05, 0.1) is 10.2 Å². The quantitative estimate of drug-likeness (QED) is 0.622. The Labute approximate surface area is 127 Å². The summed E-state index contributed by atoms with van der Waals surface area (Å²) < 4.78 is 1.23. The van der Waals surface area contributed by atoms with Gasteiger partial charge in [0, 0.05) is 5.57 Å². The van der Waals surface area contributed by atoms with Crippen molar-refractivity contribution in [2.45, 2.75) is 0 Å². The van der Waals surface area contributed by atoms with Crippen LogP contribution in [0.5, 0.6) is 0 Å². The molecule has 0 saturated heterocycles. The van der Waals surface area contributed by atoms with Gasteiger partial charge in [0.1, 0.15) is 5.01 Å². The Morgan fingerprint density at radius 3 is 2.67 bits per heavy atom. The average molecular weight is 287 g/mol. The second-order valence-corrected chi connectivity index (χ2v) is 6.01.